The highest BCUT2D eigenvalue weighted by molar-refractivity contribution is 6.35. The Bertz CT molecular complexity index is 1480. The van der Waals surface area contributed by atoms with Crippen LogP contribution in [-0.2, 0) is 12.7 Å². The van der Waals surface area contributed by atoms with Crippen molar-refractivity contribution in [1.29, 1.82) is 0 Å². The van der Waals surface area contributed by atoms with E-state index < -0.39 is 30.4 Å². The molecule has 0 saturated carbocycles. The third-order valence-electron chi connectivity index (χ3n) is 5.42. The lowest BCUT2D eigenvalue weighted by Crippen LogP contribution is -2.26. The molecule has 0 spiro atoms. The molecule has 4 rings (SSSR count). The fourth-order valence-electron chi connectivity index (χ4n) is 3.57. The number of nitrogens with one attached hydrogen (secondary N) is 1. The lowest BCUT2D eigenvalue weighted by Gasteiger charge is -2.11. The van der Waals surface area contributed by atoms with E-state index in [1.165, 1.54) is 31.4 Å². The molecule has 194 valence electrons. The summed E-state index contributed by atoms with van der Waals surface area (Å²) in [4.78, 5) is 21.0. The summed E-state index contributed by atoms with van der Waals surface area (Å²) in [6.07, 6.45) is -4.67. The van der Waals surface area contributed by atoms with Crippen LogP contribution in [0.3, 0.4) is 0 Å². The van der Waals surface area contributed by atoms with Gasteiger partial charge in [0.2, 0.25) is 5.89 Å². The number of rotatable bonds is 7. The SMILES string of the molecule is COc1ccc(-c2nc(C(=O)NCc3ccc(Cl)cc3Cl)c([C@@H](N)CO)o2)c2ccc(C(F)(F)F)nc12. The zero-order chi connectivity index (χ0) is 26.9. The Balaban J connectivity index is 1.75. The van der Waals surface area contributed by atoms with Gasteiger partial charge < -0.3 is 25.3 Å². The molecular formula is C24H19Cl2F3N4O4. The van der Waals surface area contributed by atoms with Crippen LogP contribution >= 0.6 is 23.2 Å². The van der Waals surface area contributed by atoms with Gasteiger partial charge in [0, 0.05) is 27.5 Å². The Morgan fingerprint density at radius 2 is 1.95 bits per heavy atom. The number of oxazole rings is 1. The normalized spacial score (nSPS) is 12.5. The van der Waals surface area contributed by atoms with Crippen molar-refractivity contribution >= 4 is 40.0 Å². The van der Waals surface area contributed by atoms with E-state index in [2.05, 4.69) is 15.3 Å². The van der Waals surface area contributed by atoms with Crippen LogP contribution in [0.2, 0.25) is 10.0 Å². The van der Waals surface area contributed by atoms with Crippen LogP contribution in [0.15, 0.2) is 46.9 Å². The van der Waals surface area contributed by atoms with Crippen LogP contribution in [-0.4, -0.2) is 34.7 Å². The van der Waals surface area contributed by atoms with E-state index in [9.17, 15) is 23.1 Å². The molecule has 0 aliphatic heterocycles. The van der Waals surface area contributed by atoms with Gasteiger partial charge in [-0.3, -0.25) is 4.79 Å². The van der Waals surface area contributed by atoms with Gasteiger partial charge in [-0.2, -0.15) is 13.2 Å². The summed E-state index contributed by atoms with van der Waals surface area (Å²) in [5, 5.41) is 13.2. The lowest BCUT2D eigenvalue weighted by molar-refractivity contribution is -0.140. The molecular weight excluding hydrogens is 536 g/mol. The first kappa shape index (κ1) is 26.7. The fourth-order valence-corrected chi connectivity index (χ4v) is 4.04. The number of pyridine rings is 1. The minimum atomic E-state index is -4.67. The maximum absolute atomic E-state index is 13.3. The molecule has 4 aromatic rings. The molecule has 2 aromatic carbocycles. The first-order valence-corrected chi connectivity index (χ1v) is 11.4. The van der Waals surface area contributed by atoms with E-state index in [-0.39, 0.29) is 46.1 Å². The number of aliphatic hydroxyl groups is 1. The number of hydrogen-bond donors (Lipinski definition) is 3. The molecule has 2 heterocycles. The van der Waals surface area contributed by atoms with Gasteiger partial charge in [0.1, 0.15) is 17.0 Å². The van der Waals surface area contributed by atoms with Gasteiger partial charge in [0.15, 0.2) is 11.5 Å². The molecule has 4 N–H and O–H groups in total. The molecule has 2 aromatic heterocycles. The number of carbonyl (C=O) groups is 1. The Kier molecular flexibility index (Phi) is 7.60. The number of hydrogen-bond acceptors (Lipinski definition) is 7. The molecule has 1 amide bonds. The summed E-state index contributed by atoms with van der Waals surface area (Å²) < 4.78 is 50.7. The average molecular weight is 555 g/mol. The quantitative estimate of drug-likeness (QED) is 0.288. The van der Waals surface area contributed by atoms with Gasteiger partial charge in [0.05, 0.1) is 19.8 Å². The van der Waals surface area contributed by atoms with Crippen LogP contribution in [0.1, 0.15) is 33.5 Å². The van der Waals surface area contributed by atoms with Gasteiger partial charge in [-0.05, 0) is 42.0 Å². The molecule has 0 unspecified atom stereocenters. The van der Waals surface area contributed by atoms with Gasteiger partial charge in [-0.15, -0.1) is 0 Å². The summed E-state index contributed by atoms with van der Waals surface area (Å²) in [6, 6.07) is 8.63. The van der Waals surface area contributed by atoms with Crippen molar-refractivity contribution < 1.29 is 32.2 Å². The molecule has 0 aliphatic carbocycles. The molecule has 0 aliphatic rings. The second-order valence-electron chi connectivity index (χ2n) is 7.85. The topological polar surface area (TPSA) is 124 Å². The van der Waals surface area contributed by atoms with Gasteiger partial charge >= 0.3 is 6.18 Å². The van der Waals surface area contributed by atoms with E-state index in [0.29, 0.717) is 15.6 Å². The number of nitrogens with zero attached hydrogens (tertiary/aromatic N) is 2. The van der Waals surface area contributed by atoms with Crippen molar-refractivity contribution in [3.8, 4) is 17.2 Å². The number of fused-ring (bicyclic) bond motifs is 1. The molecule has 0 radical (unpaired) electrons. The predicted octanol–water partition coefficient (Wildman–Crippen LogP) is 5.15. The Morgan fingerprint density at radius 3 is 2.59 bits per heavy atom. The average Bonchev–Trinajstić information content (AvgIpc) is 3.31. The monoisotopic (exact) mass is 554 g/mol. The van der Waals surface area contributed by atoms with Crippen molar-refractivity contribution in [2.24, 2.45) is 5.73 Å². The van der Waals surface area contributed by atoms with E-state index in [1.807, 2.05) is 0 Å². The molecule has 13 heteroatoms. The van der Waals surface area contributed by atoms with Crippen molar-refractivity contribution in [3.05, 3.63) is 75.2 Å². The number of ether oxygens (including phenoxy) is 1. The largest absolute Gasteiger partial charge is 0.494 e. The Labute approximate surface area is 218 Å². The molecule has 8 nitrogen and oxygen atoms in total. The fraction of sp³-hybridized carbons (Fsp3) is 0.208. The van der Waals surface area contributed by atoms with Gasteiger partial charge in [-0.1, -0.05) is 29.3 Å². The number of benzene rings is 2. The Morgan fingerprint density at radius 1 is 1.19 bits per heavy atom. The molecule has 0 bridgehead atoms. The first-order chi connectivity index (χ1) is 17.5. The molecule has 37 heavy (non-hydrogen) atoms. The highest BCUT2D eigenvalue weighted by Crippen LogP contribution is 2.37. The zero-order valence-corrected chi connectivity index (χ0v) is 20.6. The third kappa shape index (κ3) is 5.49. The van der Waals surface area contributed by atoms with Crippen LogP contribution < -0.4 is 15.8 Å². The summed E-state index contributed by atoms with van der Waals surface area (Å²) in [5.41, 5.74) is 5.38. The van der Waals surface area contributed by atoms with E-state index >= 15 is 0 Å². The molecule has 1 atom stereocenters. The van der Waals surface area contributed by atoms with Gasteiger partial charge in [0.25, 0.3) is 5.91 Å². The van der Waals surface area contributed by atoms with Crippen LogP contribution in [0.5, 0.6) is 5.75 Å². The number of aliphatic hydroxyl groups excluding tert-OH is 1. The maximum atomic E-state index is 13.3. The zero-order valence-electron chi connectivity index (χ0n) is 19.1. The van der Waals surface area contributed by atoms with Crippen LogP contribution in [0.4, 0.5) is 13.2 Å². The van der Waals surface area contributed by atoms with Crippen molar-refractivity contribution in [3.63, 3.8) is 0 Å². The van der Waals surface area contributed by atoms with E-state index in [1.54, 1.807) is 12.1 Å². The highest BCUT2D eigenvalue weighted by atomic mass is 35.5. The lowest BCUT2D eigenvalue weighted by atomic mass is 10.1. The van der Waals surface area contributed by atoms with E-state index in [0.717, 1.165) is 6.07 Å². The standard InChI is InChI=1S/C24H19Cl2F3N4O4/c1-36-17-6-4-14(13-5-7-18(24(27,28)29)32-19(13)17)23-33-20(21(37-23)16(30)10-34)22(35)31-9-11-2-3-12(25)8-15(11)26/h2-8,16,34H,9-10,30H2,1H3,(H,31,35)/t16-/m0/s1. The Hall–Kier alpha value is -3.38. The smallest absolute Gasteiger partial charge is 0.433 e. The van der Waals surface area contributed by atoms with Crippen molar-refractivity contribution in [2.75, 3.05) is 13.7 Å². The second kappa shape index (κ2) is 10.5. The number of halogens is 5. The summed E-state index contributed by atoms with van der Waals surface area (Å²) in [6.45, 7) is -0.530. The molecule has 0 saturated heterocycles. The number of amides is 1. The number of alkyl halides is 3. The van der Waals surface area contributed by atoms with Crippen LogP contribution in [0, 0.1) is 0 Å². The number of nitrogens with two attached hydrogens (primary N) is 1. The molecule has 0 fully saturated rings. The van der Waals surface area contributed by atoms with Gasteiger partial charge in [-0.25, -0.2) is 9.97 Å². The van der Waals surface area contributed by atoms with Crippen molar-refractivity contribution in [2.45, 2.75) is 18.8 Å². The second-order valence-corrected chi connectivity index (χ2v) is 8.69. The minimum Gasteiger partial charge on any atom is -0.494 e. The number of carbonyl (C=O) groups excluding carboxylic acids is 1. The highest BCUT2D eigenvalue weighted by Gasteiger charge is 2.33. The summed E-state index contributed by atoms with van der Waals surface area (Å²) in [7, 11) is 1.30. The minimum absolute atomic E-state index is 0.0282. The summed E-state index contributed by atoms with van der Waals surface area (Å²) >= 11 is 12.1. The number of methoxy groups -OCH3 is 1. The maximum Gasteiger partial charge on any atom is 0.433 e. The third-order valence-corrected chi connectivity index (χ3v) is 6.00. The van der Waals surface area contributed by atoms with Crippen LogP contribution in [0.25, 0.3) is 22.4 Å². The predicted molar refractivity (Wildman–Crippen MR) is 130 cm³/mol. The summed E-state index contributed by atoms with van der Waals surface area (Å²) in [5.74, 6) is -0.791. The van der Waals surface area contributed by atoms with E-state index in [4.69, 9.17) is 38.1 Å². The van der Waals surface area contributed by atoms with Crippen molar-refractivity contribution in [1.82, 2.24) is 15.3 Å². The first-order valence-electron chi connectivity index (χ1n) is 10.7. The number of aromatic nitrogens is 2.